The van der Waals surface area contributed by atoms with Gasteiger partial charge in [0.25, 0.3) is 11.8 Å². The lowest BCUT2D eigenvalue weighted by molar-refractivity contribution is 0.0746. The summed E-state index contributed by atoms with van der Waals surface area (Å²) >= 11 is 0. The summed E-state index contributed by atoms with van der Waals surface area (Å²) in [6.07, 6.45) is 2.37. The van der Waals surface area contributed by atoms with Gasteiger partial charge in [-0.25, -0.2) is 0 Å². The van der Waals surface area contributed by atoms with Crippen molar-refractivity contribution >= 4 is 17.5 Å². The van der Waals surface area contributed by atoms with Crippen LogP contribution in [0.25, 0.3) is 0 Å². The molecule has 7 heteroatoms. The van der Waals surface area contributed by atoms with Gasteiger partial charge in [0.15, 0.2) is 0 Å². The number of rotatable bonds is 6. The summed E-state index contributed by atoms with van der Waals surface area (Å²) in [5, 5.41) is 2.78. The van der Waals surface area contributed by atoms with E-state index in [1.807, 2.05) is 36.1 Å². The van der Waals surface area contributed by atoms with Crippen molar-refractivity contribution in [2.75, 3.05) is 44.7 Å². The van der Waals surface area contributed by atoms with Gasteiger partial charge in [0.1, 0.15) is 11.4 Å². The van der Waals surface area contributed by atoms with Crippen molar-refractivity contribution in [1.82, 2.24) is 15.2 Å². The summed E-state index contributed by atoms with van der Waals surface area (Å²) in [4.78, 5) is 33.1. The molecule has 1 aliphatic rings. The lowest BCUT2D eigenvalue weighted by atomic mass is 10.1. The Morgan fingerprint density at radius 2 is 1.82 bits per heavy atom. The minimum atomic E-state index is -0.249. The topological polar surface area (TPSA) is 74.8 Å². The Bertz CT molecular complexity index is 815. The molecule has 1 aliphatic heterocycles. The molecular formula is C21H26N4O3. The number of nitrogens with zero attached hydrogens (tertiary/aromatic N) is 3. The molecule has 0 bridgehead atoms. The molecule has 2 heterocycles. The molecule has 3 rings (SSSR count). The number of benzene rings is 1. The average Bonchev–Trinajstić information content (AvgIpc) is 2.77. The summed E-state index contributed by atoms with van der Waals surface area (Å²) in [5.41, 5.74) is 1.89. The van der Waals surface area contributed by atoms with E-state index in [0.717, 1.165) is 30.9 Å². The van der Waals surface area contributed by atoms with Crippen LogP contribution in [0, 0.1) is 0 Å². The first-order valence-corrected chi connectivity index (χ1v) is 9.55. The van der Waals surface area contributed by atoms with E-state index in [9.17, 15) is 9.59 Å². The van der Waals surface area contributed by atoms with Crippen molar-refractivity contribution in [2.24, 2.45) is 0 Å². The summed E-state index contributed by atoms with van der Waals surface area (Å²) in [6, 6.07) is 11.2. The normalized spacial score (nSPS) is 13.9. The van der Waals surface area contributed by atoms with Crippen LogP contribution in [-0.4, -0.2) is 61.5 Å². The Morgan fingerprint density at radius 3 is 2.46 bits per heavy atom. The molecule has 2 aromatic rings. The molecule has 1 N–H and O–H groups in total. The predicted molar refractivity (Wildman–Crippen MR) is 108 cm³/mol. The van der Waals surface area contributed by atoms with E-state index in [1.54, 1.807) is 19.2 Å². The van der Waals surface area contributed by atoms with Crippen molar-refractivity contribution in [2.45, 2.75) is 13.3 Å². The summed E-state index contributed by atoms with van der Waals surface area (Å²) in [7, 11) is 1.65. The molecule has 2 amide bonds. The third-order valence-corrected chi connectivity index (χ3v) is 4.78. The number of aromatic nitrogens is 1. The molecule has 0 atom stereocenters. The highest BCUT2D eigenvalue weighted by molar-refractivity contribution is 5.98. The van der Waals surface area contributed by atoms with Crippen LogP contribution in [0.15, 0.2) is 42.6 Å². The van der Waals surface area contributed by atoms with Gasteiger partial charge in [-0.3, -0.25) is 14.6 Å². The van der Waals surface area contributed by atoms with E-state index in [0.29, 0.717) is 25.2 Å². The van der Waals surface area contributed by atoms with Crippen LogP contribution in [0.4, 0.5) is 5.69 Å². The number of nitrogens with one attached hydrogen (secondary N) is 1. The van der Waals surface area contributed by atoms with Gasteiger partial charge >= 0.3 is 0 Å². The van der Waals surface area contributed by atoms with Crippen LogP contribution in [0.1, 0.15) is 34.2 Å². The molecule has 0 unspecified atom stereocenters. The zero-order valence-electron chi connectivity index (χ0n) is 16.4. The van der Waals surface area contributed by atoms with Gasteiger partial charge in [-0.15, -0.1) is 0 Å². The Hall–Kier alpha value is -3.09. The fraction of sp³-hybridized carbons (Fsp3) is 0.381. The Kier molecular flexibility index (Phi) is 6.47. The number of methoxy groups -OCH3 is 1. The summed E-state index contributed by atoms with van der Waals surface area (Å²) < 4.78 is 5.20. The fourth-order valence-electron chi connectivity index (χ4n) is 3.16. The van der Waals surface area contributed by atoms with E-state index >= 15 is 0 Å². The van der Waals surface area contributed by atoms with Crippen LogP contribution < -0.4 is 15.0 Å². The number of hydrogen-bond donors (Lipinski definition) is 1. The maximum atomic E-state index is 12.8. The van der Waals surface area contributed by atoms with Crippen molar-refractivity contribution in [1.29, 1.82) is 0 Å². The second-order valence-electron chi connectivity index (χ2n) is 6.66. The Balaban J connectivity index is 1.61. The molecule has 0 spiro atoms. The highest BCUT2D eigenvalue weighted by atomic mass is 16.5. The molecule has 1 aromatic carbocycles. The van der Waals surface area contributed by atoms with Gasteiger partial charge in [-0.1, -0.05) is 6.92 Å². The molecule has 0 radical (unpaired) electrons. The molecule has 0 saturated carbocycles. The smallest absolute Gasteiger partial charge is 0.269 e. The zero-order chi connectivity index (χ0) is 19.9. The van der Waals surface area contributed by atoms with Gasteiger partial charge in [0, 0.05) is 50.2 Å². The van der Waals surface area contributed by atoms with E-state index in [1.165, 1.54) is 6.20 Å². The number of anilines is 1. The van der Waals surface area contributed by atoms with Crippen molar-refractivity contribution in [3.8, 4) is 5.75 Å². The van der Waals surface area contributed by atoms with E-state index < -0.39 is 0 Å². The minimum Gasteiger partial charge on any atom is -0.497 e. The van der Waals surface area contributed by atoms with Crippen molar-refractivity contribution in [3.63, 3.8) is 0 Å². The Labute approximate surface area is 165 Å². The molecule has 1 saturated heterocycles. The minimum absolute atomic E-state index is 0.0682. The first-order valence-electron chi connectivity index (χ1n) is 9.55. The average molecular weight is 382 g/mol. The SMILES string of the molecule is CCCNC(=O)c1cc(C(=O)N2CCN(c3ccc(OC)cc3)CC2)ccn1. The number of carbonyl (C=O) groups excluding carboxylic acids is 2. The monoisotopic (exact) mass is 382 g/mol. The van der Waals surface area contributed by atoms with Crippen molar-refractivity contribution < 1.29 is 14.3 Å². The first kappa shape index (κ1) is 19.7. The zero-order valence-corrected chi connectivity index (χ0v) is 16.4. The standard InChI is InChI=1S/C21H26N4O3/c1-3-9-23-20(26)19-15-16(8-10-22-19)21(27)25-13-11-24(12-14-25)17-4-6-18(28-2)7-5-17/h4-8,10,15H,3,9,11-14H2,1-2H3,(H,23,26). The first-order chi connectivity index (χ1) is 13.6. The van der Waals surface area contributed by atoms with Crippen LogP contribution in [0.3, 0.4) is 0 Å². The molecule has 1 fully saturated rings. The third-order valence-electron chi connectivity index (χ3n) is 4.78. The predicted octanol–water partition coefficient (Wildman–Crippen LogP) is 2.19. The maximum absolute atomic E-state index is 12.8. The highest BCUT2D eigenvalue weighted by Crippen LogP contribution is 2.21. The largest absolute Gasteiger partial charge is 0.497 e. The lowest BCUT2D eigenvalue weighted by Gasteiger charge is -2.36. The summed E-state index contributed by atoms with van der Waals surface area (Å²) in [5.74, 6) is 0.510. The number of carbonyl (C=O) groups is 2. The molecular weight excluding hydrogens is 356 g/mol. The van der Waals surface area contributed by atoms with Gasteiger partial charge in [0.05, 0.1) is 7.11 Å². The highest BCUT2D eigenvalue weighted by Gasteiger charge is 2.23. The molecule has 148 valence electrons. The van der Waals surface area contributed by atoms with Gasteiger partial charge in [-0.05, 0) is 42.8 Å². The molecule has 0 aliphatic carbocycles. The number of pyridine rings is 1. The lowest BCUT2D eigenvalue weighted by Crippen LogP contribution is -2.48. The fourth-order valence-corrected chi connectivity index (χ4v) is 3.16. The quantitative estimate of drug-likeness (QED) is 0.829. The van der Waals surface area contributed by atoms with E-state index in [-0.39, 0.29) is 17.5 Å². The van der Waals surface area contributed by atoms with Crippen molar-refractivity contribution in [3.05, 3.63) is 53.9 Å². The molecule has 28 heavy (non-hydrogen) atoms. The van der Waals surface area contributed by atoms with E-state index in [4.69, 9.17) is 4.74 Å². The van der Waals surface area contributed by atoms with Crippen LogP contribution >= 0.6 is 0 Å². The second kappa shape index (κ2) is 9.21. The van der Waals surface area contributed by atoms with Gasteiger partial charge < -0.3 is 19.9 Å². The maximum Gasteiger partial charge on any atom is 0.269 e. The van der Waals surface area contributed by atoms with Crippen LogP contribution in [-0.2, 0) is 0 Å². The molecule has 1 aromatic heterocycles. The third kappa shape index (κ3) is 4.60. The number of ether oxygens (including phenoxy) is 1. The van der Waals surface area contributed by atoms with E-state index in [2.05, 4.69) is 15.2 Å². The van der Waals surface area contributed by atoms with Crippen LogP contribution in [0.5, 0.6) is 5.75 Å². The second-order valence-corrected chi connectivity index (χ2v) is 6.66. The molecule has 7 nitrogen and oxygen atoms in total. The Morgan fingerprint density at radius 1 is 1.11 bits per heavy atom. The number of amides is 2. The van der Waals surface area contributed by atoms with Gasteiger partial charge in [-0.2, -0.15) is 0 Å². The number of hydrogen-bond acceptors (Lipinski definition) is 5. The summed E-state index contributed by atoms with van der Waals surface area (Å²) in [6.45, 7) is 5.35. The number of piperazine rings is 1. The van der Waals surface area contributed by atoms with Gasteiger partial charge in [0.2, 0.25) is 0 Å². The van der Waals surface area contributed by atoms with Crippen LogP contribution in [0.2, 0.25) is 0 Å².